The Hall–Kier alpha value is -1.33. The molecule has 0 amide bonds. The van der Waals surface area contributed by atoms with E-state index in [0.29, 0.717) is 12.5 Å². The maximum atomic E-state index is 8.58. The van der Waals surface area contributed by atoms with Crippen LogP contribution < -0.4 is 5.32 Å². The van der Waals surface area contributed by atoms with Gasteiger partial charge < -0.3 is 5.32 Å². The molecule has 0 saturated carbocycles. The second kappa shape index (κ2) is 4.89. The van der Waals surface area contributed by atoms with Crippen LogP contribution in [0.25, 0.3) is 0 Å². The summed E-state index contributed by atoms with van der Waals surface area (Å²) in [5.41, 5.74) is 3.16. The Morgan fingerprint density at radius 2 is 2.18 bits per heavy atom. The summed E-state index contributed by atoms with van der Waals surface area (Å²) in [6, 6.07) is 11.3. The van der Waals surface area contributed by atoms with E-state index in [1.54, 1.807) is 0 Å². The minimum atomic E-state index is 0.282. The van der Waals surface area contributed by atoms with Gasteiger partial charge in [0.25, 0.3) is 0 Å². The maximum absolute atomic E-state index is 8.58. The van der Waals surface area contributed by atoms with Crippen molar-refractivity contribution in [3.05, 3.63) is 35.4 Å². The van der Waals surface area contributed by atoms with Crippen molar-refractivity contribution >= 4 is 0 Å². The van der Waals surface area contributed by atoms with Crippen molar-refractivity contribution in [3.8, 4) is 6.07 Å². The lowest BCUT2D eigenvalue weighted by molar-refractivity contribution is 0.360. The highest BCUT2D eigenvalue weighted by Gasteiger charge is 2.31. The molecule has 1 unspecified atom stereocenters. The molecule has 0 bridgehead atoms. The van der Waals surface area contributed by atoms with Crippen LogP contribution in [0, 0.1) is 11.3 Å². The van der Waals surface area contributed by atoms with E-state index in [-0.39, 0.29) is 5.41 Å². The molecule has 1 aromatic rings. The fraction of sp³-hybridized carbons (Fsp3) is 0.533. The molecule has 1 aliphatic rings. The predicted molar refractivity (Wildman–Crippen MR) is 69.7 cm³/mol. The molecule has 17 heavy (non-hydrogen) atoms. The van der Waals surface area contributed by atoms with Crippen LogP contribution in [-0.2, 0) is 5.41 Å². The van der Waals surface area contributed by atoms with Crippen molar-refractivity contribution in [2.75, 3.05) is 6.54 Å². The number of nitriles is 1. The summed E-state index contributed by atoms with van der Waals surface area (Å²) in [6.45, 7) is 5.42. The minimum Gasteiger partial charge on any atom is -0.309 e. The van der Waals surface area contributed by atoms with Crippen molar-refractivity contribution in [2.45, 2.75) is 44.6 Å². The van der Waals surface area contributed by atoms with Gasteiger partial charge in [-0.25, -0.2) is 0 Å². The van der Waals surface area contributed by atoms with Crippen LogP contribution in [0.2, 0.25) is 0 Å². The Morgan fingerprint density at radius 3 is 2.94 bits per heavy atom. The van der Waals surface area contributed by atoms with Crippen LogP contribution in [0.15, 0.2) is 24.3 Å². The number of fused-ring (bicyclic) bond motifs is 1. The van der Waals surface area contributed by atoms with E-state index in [1.165, 1.54) is 17.5 Å². The van der Waals surface area contributed by atoms with Crippen molar-refractivity contribution in [1.29, 1.82) is 5.26 Å². The summed E-state index contributed by atoms with van der Waals surface area (Å²) < 4.78 is 0. The minimum absolute atomic E-state index is 0.282. The van der Waals surface area contributed by atoms with Crippen molar-refractivity contribution < 1.29 is 0 Å². The van der Waals surface area contributed by atoms with Gasteiger partial charge in [-0.15, -0.1) is 0 Å². The van der Waals surface area contributed by atoms with Gasteiger partial charge in [0, 0.05) is 19.0 Å². The van der Waals surface area contributed by atoms with Crippen LogP contribution in [0.3, 0.4) is 0 Å². The zero-order valence-electron chi connectivity index (χ0n) is 10.7. The van der Waals surface area contributed by atoms with Gasteiger partial charge in [-0.1, -0.05) is 38.1 Å². The molecule has 1 aromatic carbocycles. The summed E-state index contributed by atoms with van der Waals surface area (Å²) in [5.74, 6) is 0. The lowest BCUT2D eigenvalue weighted by atomic mass is 9.71. The average Bonchev–Trinajstić information content (AvgIpc) is 2.33. The van der Waals surface area contributed by atoms with Gasteiger partial charge in [0.2, 0.25) is 0 Å². The highest BCUT2D eigenvalue weighted by atomic mass is 14.9. The van der Waals surface area contributed by atoms with Gasteiger partial charge in [0.15, 0.2) is 0 Å². The van der Waals surface area contributed by atoms with E-state index in [0.717, 1.165) is 13.0 Å². The Labute approximate surface area is 104 Å². The Kier molecular flexibility index (Phi) is 3.49. The zero-order valence-corrected chi connectivity index (χ0v) is 10.7. The van der Waals surface area contributed by atoms with Crippen molar-refractivity contribution in [1.82, 2.24) is 5.32 Å². The van der Waals surface area contributed by atoms with E-state index < -0.39 is 0 Å². The first-order valence-electron chi connectivity index (χ1n) is 6.35. The summed E-state index contributed by atoms with van der Waals surface area (Å²) in [4.78, 5) is 0. The fourth-order valence-corrected chi connectivity index (χ4v) is 2.73. The van der Waals surface area contributed by atoms with Gasteiger partial charge in [-0.2, -0.15) is 5.26 Å². The third-order valence-corrected chi connectivity index (χ3v) is 3.75. The highest BCUT2D eigenvalue weighted by Crippen LogP contribution is 2.41. The normalized spacial score (nSPS) is 21.6. The highest BCUT2D eigenvalue weighted by molar-refractivity contribution is 5.38. The van der Waals surface area contributed by atoms with Crippen molar-refractivity contribution in [3.63, 3.8) is 0 Å². The summed E-state index contributed by atoms with van der Waals surface area (Å²) >= 11 is 0. The molecule has 2 rings (SSSR count). The fourth-order valence-electron chi connectivity index (χ4n) is 2.73. The molecule has 0 aliphatic heterocycles. The third-order valence-electron chi connectivity index (χ3n) is 3.75. The van der Waals surface area contributed by atoms with Crippen molar-refractivity contribution in [2.24, 2.45) is 0 Å². The Morgan fingerprint density at radius 1 is 1.41 bits per heavy atom. The maximum Gasteiger partial charge on any atom is 0.0635 e. The Bertz CT molecular complexity index is 429. The van der Waals surface area contributed by atoms with E-state index >= 15 is 0 Å². The molecule has 1 N–H and O–H groups in total. The standard InChI is InChI=1S/C15H20N2/c1-15(2)9-8-14(17-11-5-10-16)12-6-3-4-7-13(12)15/h3-4,6-7,14,17H,5,8-9,11H2,1-2H3. The molecule has 0 heterocycles. The zero-order chi connectivity index (χ0) is 12.3. The quantitative estimate of drug-likeness (QED) is 0.806. The monoisotopic (exact) mass is 228 g/mol. The molecule has 2 nitrogen and oxygen atoms in total. The second-order valence-corrected chi connectivity index (χ2v) is 5.42. The molecule has 1 aliphatic carbocycles. The number of nitrogens with zero attached hydrogens (tertiary/aromatic N) is 1. The molecule has 0 fully saturated rings. The predicted octanol–water partition coefficient (Wildman–Crippen LogP) is 3.30. The number of nitrogens with one attached hydrogen (secondary N) is 1. The molecular weight excluding hydrogens is 208 g/mol. The van der Waals surface area contributed by atoms with Crippen LogP contribution in [0.5, 0.6) is 0 Å². The summed E-state index contributed by atoms with van der Waals surface area (Å²) in [6.07, 6.45) is 2.95. The molecule has 0 radical (unpaired) electrons. The first-order chi connectivity index (χ1) is 8.15. The second-order valence-electron chi connectivity index (χ2n) is 5.42. The molecule has 1 atom stereocenters. The molecule has 0 saturated heterocycles. The van der Waals surface area contributed by atoms with E-state index in [9.17, 15) is 0 Å². The molecule has 0 aromatic heterocycles. The number of benzene rings is 1. The van der Waals surface area contributed by atoms with E-state index in [2.05, 4.69) is 49.5 Å². The summed E-state index contributed by atoms with van der Waals surface area (Å²) in [5, 5.41) is 12.1. The van der Waals surface area contributed by atoms with E-state index in [4.69, 9.17) is 5.26 Å². The Balaban J connectivity index is 2.20. The topological polar surface area (TPSA) is 35.8 Å². The third kappa shape index (κ3) is 2.50. The first-order valence-corrected chi connectivity index (χ1v) is 6.35. The van der Waals surface area contributed by atoms with Crippen LogP contribution in [-0.4, -0.2) is 6.54 Å². The first kappa shape index (κ1) is 12.1. The molecule has 0 spiro atoms. The summed E-state index contributed by atoms with van der Waals surface area (Å²) in [7, 11) is 0. The lowest BCUT2D eigenvalue weighted by Crippen LogP contribution is -2.33. The van der Waals surface area contributed by atoms with Gasteiger partial charge in [0.1, 0.15) is 0 Å². The lowest BCUT2D eigenvalue weighted by Gasteiger charge is -2.37. The van der Waals surface area contributed by atoms with E-state index in [1.807, 2.05) is 0 Å². The molecular formula is C15H20N2. The van der Waals surface area contributed by atoms with Gasteiger partial charge in [0.05, 0.1) is 6.07 Å². The number of hydrogen-bond donors (Lipinski definition) is 1. The van der Waals surface area contributed by atoms with Gasteiger partial charge >= 0.3 is 0 Å². The van der Waals surface area contributed by atoms with Crippen LogP contribution in [0.4, 0.5) is 0 Å². The number of rotatable bonds is 3. The molecule has 90 valence electrons. The molecule has 2 heteroatoms. The SMILES string of the molecule is CC1(C)CCC(NCCC#N)c2ccccc21. The van der Waals surface area contributed by atoms with Gasteiger partial charge in [-0.05, 0) is 29.4 Å². The largest absolute Gasteiger partial charge is 0.309 e. The smallest absolute Gasteiger partial charge is 0.0635 e. The van der Waals surface area contributed by atoms with Crippen LogP contribution in [0.1, 0.15) is 50.3 Å². The number of hydrogen-bond acceptors (Lipinski definition) is 2. The van der Waals surface area contributed by atoms with Gasteiger partial charge in [-0.3, -0.25) is 0 Å². The van der Waals surface area contributed by atoms with Crippen LogP contribution >= 0.6 is 0 Å². The average molecular weight is 228 g/mol.